The highest BCUT2D eigenvalue weighted by atomic mass is 32.2. The number of ether oxygens (including phenoxy) is 1. The van der Waals surface area contributed by atoms with Crippen LogP contribution in [0.2, 0.25) is 0 Å². The lowest BCUT2D eigenvalue weighted by Crippen LogP contribution is -2.38. The van der Waals surface area contributed by atoms with Gasteiger partial charge in [0, 0.05) is 11.9 Å². The molecule has 6 heteroatoms. The molecule has 1 aromatic rings. The predicted molar refractivity (Wildman–Crippen MR) is 64.6 cm³/mol. The van der Waals surface area contributed by atoms with Crippen LogP contribution in [0.1, 0.15) is 44.0 Å². The van der Waals surface area contributed by atoms with Gasteiger partial charge in [-0.1, -0.05) is 18.2 Å². The largest absolute Gasteiger partial charge is 0.370 e. The van der Waals surface area contributed by atoms with E-state index in [4.69, 9.17) is 4.74 Å². The summed E-state index contributed by atoms with van der Waals surface area (Å²) in [6.45, 7) is 0.853. The monoisotopic (exact) mass is 252 g/mol. The topological polar surface area (TPSA) is 52.0 Å². The minimum absolute atomic E-state index is 0.141. The van der Waals surface area contributed by atoms with Crippen LogP contribution in [0.15, 0.2) is 5.16 Å². The molecule has 5 nitrogen and oxygen atoms in total. The quantitative estimate of drug-likeness (QED) is 0.824. The zero-order valence-electron chi connectivity index (χ0n) is 9.63. The van der Waals surface area contributed by atoms with Crippen LogP contribution < -0.4 is 5.43 Å². The summed E-state index contributed by atoms with van der Waals surface area (Å²) in [4.78, 5) is 0. The Kier molecular flexibility index (Phi) is 2.33. The summed E-state index contributed by atoms with van der Waals surface area (Å²) >= 11 is 1.88. The van der Waals surface area contributed by atoms with Gasteiger partial charge in [-0.2, -0.15) is 0 Å². The first-order chi connectivity index (χ1) is 8.42. The molecule has 3 unspecified atom stereocenters. The molecule has 3 atom stereocenters. The van der Waals surface area contributed by atoms with Crippen LogP contribution in [0, 0.1) is 0 Å². The fourth-order valence-corrected chi connectivity index (χ4v) is 4.24. The van der Waals surface area contributed by atoms with Gasteiger partial charge in [-0.3, -0.25) is 0 Å². The molecule has 0 aromatic carbocycles. The van der Waals surface area contributed by atoms with Crippen LogP contribution in [0.25, 0.3) is 0 Å². The molecule has 3 aliphatic rings. The van der Waals surface area contributed by atoms with Gasteiger partial charge in [0.1, 0.15) is 6.10 Å². The normalized spacial score (nSPS) is 35.4. The van der Waals surface area contributed by atoms with Gasteiger partial charge >= 0.3 is 0 Å². The molecule has 0 amide bonds. The lowest BCUT2D eigenvalue weighted by molar-refractivity contribution is 0.102. The summed E-state index contributed by atoms with van der Waals surface area (Å²) in [5, 5.41) is 10.3. The fourth-order valence-electron chi connectivity index (χ4n) is 2.98. The standard InChI is InChI=1S/C11H16N4OS/c1-3-7-9(5-1)17-11-13-12-10(15(11)14-7)8-4-2-6-16-8/h7-9,14H,1-6H2. The first kappa shape index (κ1) is 10.2. The smallest absolute Gasteiger partial charge is 0.210 e. The third-order valence-corrected chi connectivity index (χ3v) is 5.22. The van der Waals surface area contributed by atoms with E-state index in [0.717, 1.165) is 30.4 Å². The van der Waals surface area contributed by atoms with Crippen molar-refractivity contribution in [3.63, 3.8) is 0 Å². The van der Waals surface area contributed by atoms with Crippen molar-refractivity contribution >= 4 is 11.8 Å². The van der Waals surface area contributed by atoms with Crippen molar-refractivity contribution in [2.24, 2.45) is 0 Å². The minimum atomic E-state index is 0.141. The Bertz CT molecular complexity index is 429. The van der Waals surface area contributed by atoms with Crippen molar-refractivity contribution in [2.75, 3.05) is 12.0 Å². The number of hydrogen-bond donors (Lipinski definition) is 1. The number of hydrogen-bond acceptors (Lipinski definition) is 5. The van der Waals surface area contributed by atoms with Gasteiger partial charge in [0.2, 0.25) is 5.16 Å². The molecule has 1 aliphatic carbocycles. The molecule has 0 bridgehead atoms. The summed E-state index contributed by atoms with van der Waals surface area (Å²) in [6.07, 6.45) is 6.22. The van der Waals surface area contributed by atoms with Crippen molar-refractivity contribution in [3.05, 3.63) is 5.82 Å². The van der Waals surface area contributed by atoms with Gasteiger partial charge < -0.3 is 10.2 Å². The maximum atomic E-state index is 5.70. The Morgan fingerprint density at radius 2 is 2.24 bits per heavy atom. The lowest BCUT2D eigenvalue weighted by Gasteiger charge is -2.28. The van der Waals surface area contributed by atoms with E-state index in [0.29, 0.717) is 11.3 Å². The zero-order valence-corrected chi connectivity index (χ0v) is 10.4. The Labute approximate surface area is 104 Å². The van der Waals surface area contributed by atoms with E-state index in [-0.39, 0.29) is 6.10 Å². The SMILES string of the molecule is C1COC(c2nnc3n2NC2CCCC2S3)C1. The second-order valence-electron chi connectivity index (χ2n) is 5.00. The maximum absolute atomic E-state index is 5.70. The second kappa shape index (κ2) is 3.88. The van der Waals surface area contributed by atoms with E-state index in [2.05, 4.69) is 20.3 Å². The van der Waals surface area contributed by atoms with Crippen molar-refractivity contribution < 1.29 is 4.74 Å². The van der Waals surface area contributed by atoms with Crippen LogP contribution >= 0.6 is 11.8 Å². The molecule has 1 N–H and O–H groups in total. The highest BCUT2D eigenvalue weighted by Gasteiger charge is 2.36. The minimum Gasteiger partial charge on any atom is -0.370 e. The summed E-state index contributed by atoms with van der Waals surface area (Å²) < 4.78 is 7.78. The molecule has 2 fully saturated rings. The average molecular weight is 252 g/mol. The molecule has 0 radical (unpaired) electrons. The third-order valence-electron chi connectivity index (χ3n) is 3.88. The van der Waals surface area contributed by atoms with E-state index < -0.39 is 0 Å². The molecule has 1 saturated heterocycles. The first-order valence-corrected chi connectivity index (χ1v) is 7.30. The molecular weight excluding hydrogens is 236 g/mol. The van der Waals surface area contributed by atoms with E-state index >= 15 is 0 Å². The highest BCUT2D eigenvalue weighted by Crippen LogP contribution is 2.39. The predicted octanol–water partition coefficient (Wildman–Crippen LogP) is 1.70. The zero-order chi connectivity index (χ0) is 11.2. The van der Waals surface area contributed by atoms with Crippen molar-refractivity contribution in [2.45, 2.75) is 54.7 Å². The van der Waals surface area contributed by atoms with E-state index in [1.165, 1.54) is 19.3 Å². The molecule has 3 heterocycles. The van der Waals surface area contributed by atoms with Crippen LogP contribution in [-0.4, -0.2) is 32.8 Å². The number of nitrogens with one attached hydrogen (secondary N) is 1. The Balaban J connectivity index is 1.66. The van der Waals surface area contributed by atoms with Gasteiger partial charge in [0.05, 0.1) is 6.04 Å². The van der Waals surface area contributed by atoms with E-state index in [9.17, 15) is 0 Å². The summed E-state index contributed by atoms with van der Waals surface area (Å²) in [6, 6.07) is 0.587. The highest BCUT2D eigenvalue weighted by molar-refractivity contribution is 7.99. The summed E-state index contributed by atoms with van der Waals surface area (Å²) in [5.41, 5.74) is 3.58. The van der Waals surface area contributed by atoms with Crippen LogP contribution in [0.4, 0.5) is 0 Å². The van der Waals surface area contributed by atoms with E-state index in [1.807, 2.05) is 11.8 Å². The number of nitrogens with zero attached hydrogens (tertiary/aromatic N) is 3. The second-order valence-corrected chi connectivity index (χ2v) is 6.21. The molecule has 0 spiro atoms. The van der Waals surface area contributed by atoms with E-state index in [1.54, 1.807) is 0 Å². The Morgan fingerprint density at radius 3 is 3.12 bits per heavy atom. The molecular formula is C11H16N4OS. The molecule has 1 saturated carbocycles. The van der Waals surface area contributed by atoms with Crippen LogP contribution in [0.5, 0.6) is 0 Å². The summed E-state index contributed by atoms with van der Waals surface area (Å²) in [5.74, 6) is 0.968. The van der Waals surface area contributed by atoms with Gasteiger partial charge in [-0.15, -0.1) is 10.2 Å². The van der Waals surface area contributed by atoms with Crippen molar-refractivity contribution in [1.82, 2.24) is 14.9 Å². The van der Waals surface area contributed by atoms with Gasteiger partial charge in [0.25, 0.3) is 0 Å². The number of fused-ring (bicyclic) bond motifs is 2. The summed E-state index contributed by atoms with van der Waals surface area (Å²) in [7, 11) is 0. The average Bonchev–Trinajstić information content (AvgIpc) is 3.05. The lowest BCUT2D eigenvalue weighted by atomic mass is 10.2. The molecule has 4 rings (SSSR count). The number of thioether (sulfide) groups is 1. The molecule has 1 aromatic heterocycles. The molecule has 92 valence electrons. The van der Waals surface area contributed by atoms with Gasteiger partial charge in [0.15, 0.2) is 5.82 Å². The van der Waals surface area contributed by atoms with Gasteiger partial charge in [-0.05, 0) is 25.7 Å². The third kappa shape index (κ3) is 1.57. The van der Waals surface area contributed by atoms with Crippen molar-refractivity contribution in [1.29, 1.82) is 0 Å². The van der Waals surface area contributed by atoms with Crippen LogP contribution in [0.3, 0.4) is 0 Å². The maximum Gasteiger partial charge on any atom is 0.210 e. The van der Waals surface area contributed by atoms with Crippen molar-refractivity contribution in [3.8, 4) is 0 Å². The number of rotatable bonds is 1. The number of aromatic nitrogens is 3. The van der Waals surface area contributed by atoms with Gasteiger partial charge in [-0.25, -0.2) is 4.68 Å². The van der Waals surface area contributed by atoms with Crippen LogP contribution in [-0.2, 0) is 4.74 Å². The molecule has 17 heavy (non-hydrogen) atoms. The Morgan fingerprint density at radius 1 is 1.24 bits per heavy atom. The molecule has 2 aliphatic heterocycles. The Hall–Kier alpha value is -0.750. The fraction of sp³-hybridized carbons (Fsp3) is 0.818. The first-order valence-electron chi connectivity index (χ1n) is 6.42.